The van der Waals surface area contributed by atoms with Crippen LogP contribution in [-0.4, -0.2) is 32.3 Å². The number of nitrogens with one attached hydrogen (secondary N) is 2. The normalized spacial score (nSPS) is 15.4. The van der Waals surface area contributed by atoms with E-state index in [-0.39, 0.29) is 28.2 Å². The Morgan fingerprint density at radius 2 is 1.57 bits per heavy atom. The number of piperidine rings is 1. The molecule has 37 heavy (non-hydrogen) atoms. The van der Waals surface area contributed by atoms with Crippen molar-refractivity contribution in [2.24, 2.45) is 5.92 Å². The standard InChI is InChI=1S/C26H25F4N3O3S/c27-21-6-4-18(5-7-21)17-33-14-12-19(13-15-33)25(34)31-22-8-10-24(11-9-22)37(35,36)32-23-3-1-2-20(16-23)26(28,29)30/h1-11,16,19,32H,12-15,17H2,(H,31,34). The van der Waals surface area contributed by atoms with Crippen molar-refractivity contribution in [3.63, 3.8) is 0 Å². The van der Waals surface area contributed by atoms with E-state index in [0.717, 1.165) is 23.8 Å². The topological polar surface area (TPSA) is 78.5 Å². The molecule has 196 valence electrons. The molecule has 1 saturated heterocycles. The summed E-state index contributed by atoms with van der Waals surface area (Å²) < 4.78 is 79.2. The maximum absolute atomic E-state index is 13.1. The highest BCUT2D eigenvalue weighted by Crippen LogP contribution is 2.31. The average molecular weight is 536 g/mol. The van der Waals surface area contributed by atoms with E-state index in [1.807, 2.05) is 0 Å². The predicted octanol–water partition coefficient (Wildman–Crippen LogP) is 5.50. The van der Waals surface area contributed by atoms with Crippen LogP contribution in [0.3, 0.4) is 0 Å². The van der Waals surface area contributed by atoms with Gasteiger partial charge in [0.2, 0.25) is 5.91 Å². The van der Waals surface area contributed by atoms with Crippen LogP contribution >= 0.6 is 0 Å². The van der Waals surface area contributed by atoms with Gasteiger partial charge in [-0.1, -0.05) is 18.2 Å². The van der Waals surface area contributed by atoms with Gasteiger partial charge in [-0.3, -0.25) is 14.4 Å². The summed E-state index contributed by atoms with van der Waals surface area (Å²) in [7, 11) is -4.13. The smallest absolute Gasteiger partial charge is 0.326 e. The molecule has 2 N–H and O–H groups in total. The second-order valence-electron chi connectivity index (χ2n) is 8.87. The zero-order valence-electron chi connectivity index (χ0n) is 19.6. The van der Waals surface area contributed by atoms with E-state index < -0.39 is 21.8 Å². The summed E-state index contributed by atoms with van der Waals surface area (Å²) in [6.45, 7) is 2.11. The number of carbonyl (C=O) groups excluding carboxylic acids is 1. The SMILES string of the molecule is O=C(Nc1ccc(S(=O)(=O)Nc2cccc(C(F)(F)F)c2)cc1)C1CCN(Cc2ccc(F)cc2)CC1. The minimum Gasteiger partial charge on any atom is -0.326 e. The van der Waals surface area contributed by atoms with E-state index >= 15 is 0 Å². The first kappa shape index (κ1) is 26.6. The molecule has 1 aliphatic rings. The van der Waals surface area contributed by atoms with Gasteiger partial charge in [-0.25, -0.2) is 12.8 Å². The van der Waals surface area contributed by atoms with E-state index in [1.54, 1.807) is 12.1 Å². The monoisotopic (exact) mass is 535 g/mol. The van der Waals surface area contributed by atoms with Crippen LogP contribution in [0, 0.1) is 11.7 Å². The minimum atomic E-state index is -4.60. The zero-order chi connectivity index (χ0) is 26.6. The first-order chi connectivity index (χ1) is 17.5. The second kappa shape index (κ2) is 10.9. The molecule has 11 heteroatoms. The van der Waals surface area contributed by atoms with Gasteiger partial charge in [0.25, 0.3) is 10.0 Å². The Morgan fingerprint density at radius 3 is 2.19 bits per heavy atom. The van der Waals surface area contributed by atoms with Crippen molar-refractivity contribution in [3.05, 3.63) is 89.7 Å². The highest BCUT2D eigenvalue weighted by atomic mass is 32.2. The van der Waals surface area contributed by atoms with Crippen molar-refractivity contribution in [2.75, 3.05) is 23.1 Å². The first-order valence-corrected chi connectivity index (χ1v) is 13.1. The number of sulfonamides is 1. The molecule has 1 aliphatic heterocycles. The molecule has 3 aromatic rings. The van der Waals surface area contributed by atoms with Gasteiger partial charge in [0.05, 0.1) is 10.5 Å². The number of hydrogen-bond donors (Lipinski definition) is 2. The van der Waals surface area contributed by atoms with E-state index in [9.17, 15) is 30.8 Å². The van der Waals surface area contributed by atoms with Gasteiger partial charge in [-0.15, -0.1) is 0 Å². The van der Waals surface area contributed by atoms with Crippen LogP contribution in [0.25, 0.3) is 0 Å². The van der Waals surface area contributed by atoms with E-state index in [1.165, 1.54) is 42.5 Å². The number of halogens is 4. The molecule has 0 saturated carbocycles. The van der Waals surface area contributed by atoms with Gasteiger partial charge in [0, 0.05) is 23.8 Å². The van der Waals surface area contributed by atoms with Crippen LogP contribution in [0.4, 0.5) is 28.9 Å². The largest absolute Gasteiger partial charge is 0.416 e. The first-order valence-electron chi connectivity index (χ1n) is 11.6. The third kappa shape index (κ3) is 7.07. The summed E-state index contributed by atoms with van der Waals surface area (Å²) in [6, 6.07) is 15.7. The second-order valence-corrected chi connectivity index (χ2v) is 10.6. The van der Waals surface area contributed by atoms with Gasteiger partial charge in [0.1, 0.15) is 5.82 Å². The molecule has 0 atom stereocenters. The Hall–Kier alpha value is -3.44. The summed E-state index contributed by atoms with van der Waals surface area (Å²) in [5.41, 5.74) is 0.240. The van der Waals surface area contributed by atoms with Gasteiger partial charge < -0.3 is 5.32 Å². The van der Waals surface area contributed by atoms with Crippen LogP contribution in [0.2, 0.25) is 0 Å². The number of amides is 1. The molecule has 1 amide bonds. The fourth-order valence-electron chi connectivity index (χ4n) is 4.14. The molecule has 6 nitrogen and oxygen atoms in total. The molecular formula is C26H25F4N3O3S. The molecule has 0 radical (unpaired) electrons. The zero-order valence-corrected chi connectivity index (χ0v) is 20.4. The molecule has 0 unspecified atom stereocenters. The number of alkyl halides is 3. The molecule has 0 aromatic heterocycles. The quantitative estimate of drug-likeness (QED) is 0.392. The van der Waals surface area contributed by atoms with Crippen molar-refractivity contribution >= 4 is 27.3 Å². The lowest BCUT2D eigenvalue weighted by Gasteiger charge is -2.31. The van der Waals surface area contributed by atoms with Crippen LogP contribution in [0.5, 0.6) is 0 Å². The molecule has 3 aromatic carbocycles. The van der Waals surface area contributed by atoms with Crippen LogP contribution in [0.15, 0.2) is 77.7 Å². The van der Waals surface area contributed by atoms with Crippen molar-refractivity contribution in [1.29, 1.82) is 0 Å². The summed E-state index contributed by atoms with van der Waals surface area (Å²) in [6.07, 6.45) is -3.29. The molecule has 4 rings (SSSR count). The van der Waals surface area contributed by atoms with Gasteiger partial charge in [-0.2, -0.15) is 13.2 Å². The number of carbonyl (C=O) groups is 1. The molecule has 1 fully saturated rings. The Morgan fingerprint density at radius 1 is 0.919 bits per heavy atom. The molecule has 0 spiro atoms. The van der Waals surface area contributed by atoms with Crippen molar-refractivity contribution in [3.8, 4) is 0 Å². The summed E-state index contributed by atoms with van der Waals surface area (Å²) >= 11 is 0. The molecule has 0 bridgehead atoms. The summed E-state index contributed by atoms with van der Waals surface area (Å²) in [4.78, 5) is 14.8. The third-order valence-corrected chi connectivity index (χ3v) is 7.55. The van der Waals surface area contributed by atoms with Crippen LogP contribution < -0.4 is 10.0 Å². The van der Waals surface area contributed by atoms with Crippen LogP contribution in [-0.2, 0) is 27.5 Å². The Bertz CT molecular complexity index is 1340. The van der Waals surface area contributed by atoms with Crippen molar-refractivity contribution in [2.45, 2.75) is 30.5 Å². The van der Waals surface area contributed by atoms with E-state index in [2.05, 4.69) is 14.9 Å². The Kier molecular flexibility index (Phi) is 7.84. The average Bonchev–Trinajstić information content (AvgIpc) is 2.85. The number of benzene rings is 3. The minimum absolute atomic E-state index is 0.156. The highest BCUT2D eigenvalue weighted by molar-refractivity contribution is 7.92. The number of hydrogen-bond acceptors (Lipinski definition) is 4. The van der Waals surface area contributed by atoms with Crippen molar-refractivity contribution < 1.29 is 30.8 Å². The predicted molar refractivity (Wildman–Crippen MR) is 132 cm³/mol. The van der Waals surface area contributed by atoms with Gasteiger partial charge in [-0.05, 0) is 86.1 Å². The number of likely N-dealkylation sites (tertiary alicyclic amines) is 1. The Labute approximate surface area is 212 Å². The lowest BCUT2D eigenvalue weighted by Crippen LogP contribution is -2.37. The summed E-state index contributed by atoms with van der Waals surface area (Å²) in [5, 5.41) is 2.80. The van der Waals surface area contributed by atoms with Crippen molar-refractivity contribution in [1.82, 2.24) is 4.90 Å². The number of rotatable bonds is 7. The van der Waals surface area contributed by atoms with Crippen LogP contribution in [0.1, 0.15) is 24.0 Å². The molecule has 1 heterocycles. The fraction of sp³-hybridized carbons (Fsp3) is 0.269. The maximum Gasteiger partial charge on any atom is 0.416 e. The molecular weight excluding hydrogens is 510 g/mol. The number of nitrogens with zero attached hydrogens (tertiary/aromatic N) is 1. The molecule has 0 aliphatic carbocycles. The highest BCUT2D eigenvalue weighted by Gasteiger charge is 2.31. The van der Waals surface area contributed by atoms with Gasteiger partial charge in [0.15, 0.2) is 0 Å². The fourth-order valence-corrected chi connectivity index (χ4v) is 5.19. The van der Waals surface area contributed by atoms with E-state index in [4.69, 9.17) is 0 Å². The maximum atomic E-state index is 13.1. The summed E-state index contributed by atoms with van der Waals surface area (Å²) in [5.74, 6) is -0.647. The Balaban J connectivity index is 1.31. The van der Waals surface area contributed by atoms with Gasteiger partial charge >= 0.3 is 6.18 Å². The lowest BCUT2D eigenvalue weighted by molar-refractivity contribution is -0.137. The number of anilines is 2. The lowest BCUT2D eigenvalue weighted by atomic mass is 9.95. The van der Waals surface area contributed by atoms with E-state index in [0.29, 0.717) is 38.2 Å². The third-order valence-electron chi connectivity index (χ3n) is 6.15.